The summed E-state index contributed by atoms with van der Waals surface area (Å²) >= 11 is 0. The van der Waals surface area contributed by atoms with Crippen molar-refractivity contribution in [3.63, 3.8) is 0 Å². The number of amides is 1. The quantitative estimate of drug-likeness (QED) is 0.929. The van der Waals surface area contributed by atoms with E-state index in [4.69, 9.17) is 4.74 Å². The zero-order valence-electron chi connectivity index (χ0n) is 13.6. The summed E-state index contributed by atoms with van der Waals surface area (Å²) in [6.07, 6.45) is 1.80. The molecule has 1 aliphatic rings. The van der Waals surface area contributed by atoms with E-state index in [0.29, 0.717) is 13.1 Å². The highest BCUT2D eigenvalue weighted by molar-refractivity contribution is 5.69. The van der Waals surface area contributed by atoms with Gasteiger partial charge >= 0.3 is 6.09 Å². The van der Waals surface area contributed by atoms with Gasteiger partial charge in [-0.15, -0.1) is 0 Å². The Balaban J connectivity index is 1.83. The number of hydrogen-bond donors (Lipinski definition) is 1. The van der Waals surface area contributed by atoms with Gasteiger partial charge in [0.2, 0.25) is 0 Å². The van der Waals surface area contributed by atoms with Crippen LogP contribution in [0.3, 0.4) is 0 Å². The van der Waals surface area contributed by atoms with E-state index in [-0.39, 0.29) is 24.0 Å². The molecule has 1 amide bonds. The molecule has 6 heteroatoms. The zero-order valence-corrected chi connectivity index (χ0v) is 13.6. The van der Waals surface area contributed by atoms with Crippen molar-refractivity contribution < 1.29 is 13.9 Å². The smallest absolute Gasteiger partial charge is 0.410 e. The largest absolute Gasteiger partial charge is 0.444 e. The number of nitrogens with one attached hydrogen (secondary N) is 1. The Bertz CT molecular complexity index is 507. The first-order valence-corrected chi connectivity index (χ1v) is 7.64. The van der Waals surface area contributed by atoms with E-state index in [1.165, 1.54) is 12.3 Å². The molecule has 1 atom stereocenters. The summed E-state index contributed by atoms with van der Waals surface area (Å²) in [5.74, 6) is -0.335. The van der Waals surface area contributed by atoms with Crippen molar-refractivity contribution in [1.82, 2.24) is 15.2 Å². The molecule has 0 aliphatic carbocycles. The van der Waals surface area contributed by atoms with Crippen molar-refractivity contribution in [3.8, 4) is 0 Å². The molecule has 122 valence electrons. The summed E-state index contributed by atoms with van der Waals surface area (Å²) in [6, 6.07) is 3.39. The van der Waals surface area contributed by atoms with E-state index in [9.17, 15) is 9.18 Å². The molecular weight excluding hydrogens is 285 g/mol. The van der Waals surface area contributed by atoms with E-state index in [0.717, 1.165) is 12.1 Å². The third-order valence-electron chi connectivity index (χ3n) is 3.49. The summed E-state index contributed by atoms with van der Waals surface area (Å²) in [5.41, 5.74) is 0.346. The predicted octanol–water partition coefficient (Wildman–Crippen LogP) is 2.88. The van der Waals surface area contributed by atoms with Gasteiger partial charge in [-0.3, -0.25) is 4.98 Å². The lowest BCUT2D eigenvalue weighted by atomic mass is 10.0. The van der Waals surface area contributed by atoms with E-state index in [2.05, 4.69) is 10.3 Å². The van der Waals surface area contributed by atoms with Crippen LogP contribution in [0, 0.1) is 5.82 Å². The van der Waals surface area contributed by atoms with Crippen LogP contribution in [-0.4, -0.2) is 40.7 Å². The van der Waals surface area contributed by atoms with Crippen molar-refractivity contribution in [2.24, 2.45) is 0 Å². The van der Waals surface area contributed by atoms with Gasteiger partial charge in [0.05, 0.1) is 11.9 Å². The Hall–Kier alpha value is -1.69. The van der Waals surface area contributed by atoms with Crippen molar-refractivity contribution in [2.75, 3.05) is 13.1 Å². The lowest BCUT2D eigenvalue weighted by Crippen LogP contribution is -2.61. The first-order chi connectivity index (χ1) is 10.3. The Morgan fingerprint density at radius 1 is 1.50 bits per heavy atom. The topological polar surface area (TPSA) is 54.5 Å². The predicted molar refractivity (Wildman–Crippen MR) is 82.0 cm³/mol. The molecule has 1 saturated heterocycles. The molecule has 1 unspecified atom stereocenters. The first-order valence-electron chi connectivity index (χ1n) is 7.64. The second kappa shape index (κ2) is 6.60. The SMILES string of the molecule is CCC(NC1CN(C(=O)OC(C)(C)C)C1)c1ccc(F)cn1. The van der Waals surface area contributed by atoms with Gasteiger partial charge in [-0.2, -0.15) is 0 Å². The zero-order chi connectivity index (χ0) is 16.3. The summed E-state index contributed by atoms with van der Waals surface area (Å²) in [7, 11) is 0. The standard InChI is InChI=1S/C16H24FN3O2/c1-5-13(14-7-6-11(17)8-18-14)19-12-9-20(10-12)15(21)22-16(2,3)4/h6-8,12-13,19H,5,9-10H2,1-4H3. The second-order valence-corrected chi connectivity index (χ2v) is 6.61. The Kier molecular flexibility index (Phi) is 5.01. The Morgan fingerprint density at radius 2 is 2.18 bits per heavy atom. The molecule has 0 radical (unpaired) electrons. The molecule has 2 rings (SSSR count). The fourth-order valence-electron chi connectivity index (χ4n) is 2.35. The van der Waals surface area contributed by atoms with Gasteiger partial charge in [0.1, 0.15) is 11.4 Å². The van der Waals surface area contributed by atoms with Gasteiger partial charge in [0, 0.05) is 25.2 Å². The number of ether oxygens (including phenoxy) is 1. The van der Waals surface area contributed by atoms with Crippen LogP contribution >= 0.6 is 0 Å². The molecule has 1 fully saturated rings. The average molecular weight is 309 g/mol. The number of aromatic nitrogens is 1. The van der Waals surface area contributed by atoms with E-state index >= 15 is 0 Å². The van der Waals surface area contributed by atoms with Crippen molar-refractivity contribution in [1.29, 1.82) is 0 Å². The number of halogens is 1. The van der Waals surface area contributed by atoms with Crippen LogP contribution in [0.5, 0.6) is 0 Å². The summed E-state index contributed by atoms with van der Waals surface area (Å²) in [4.78, 5) is 17.7. The minimum atomic E-state index is -0.473. The molecule has 1 aromatic heterocycles. The highest BCUT2D eigenvalue weighted by atomic mass is 19.1. The fourth-order valence-corrected chi connectivity index (χ4v) is 2.35. The van der Waals surface area contributed by atoms with E-state index in [1.54, 1.807) is 11.0 Å². The van der Waals surface area contributed by atoms with Gasteiger partial charge in [-0.25, -0.2) is 9.18 Å². The van der Waals surface area contributed by atoms with Gasteiger partial charge in [0.15, 0.2) is 0 Å². The minimum Gasteiger partial charge on any atom is -0.444 e. The van der Waals surface area contributed by atoms with Gasteiger partial charge in [-0.1, -0.05) is 6.92 Å². The maximum atomic E-state index is 12.9. The summed E-state index contributed by atoms with van der Waals surface area (Å²) in [6.45, 7) is 8.85. The second-order valence-electron chi connectivity index (χ2n) is 6.61. The first kappa shape index (κ1) is 16.7. The van der Waals surface area contributed by atoms with Gasteiger partial charge in [-0.05, 0) is 39.3 Å². The number of nitrogens with zero attached hydrogens (tertiary/aromatic N) is 2. The molecule has 1 aromatic rings. The van der Waals surface area contributed by atoms with Crippen LogP contribution in [-0.2, 0) is 4.74 Å². The third kappa shape index (κ3) is 4.40. The summed E-state index contributed by atoms with van der Waals surface area (Å²) < 4.78 is 18.3. The number of likely N-dealkylation sites (tertiary alicyclic amines) is 1. The number of rotatable bonds is 4. The molecule has 0 aromatic carbocycles. The highest BCUT2D eigenvalue weighted by Gasteiger charge is 2.34. The van der Waals surface area contributed by atoms with Crippen LogP contribution in [0.2, 0.25) is 0 Å². The molecule has 22 heavy (non-hydrogen) atoms. The van der Waals surface area contributed by atoms with Gasteiger partial charge < -0.3 is 15.0 Å². The maximum absolute atomic E-state index is 12.9. The van der Waals surface area contributed by atoms with Crippen LogP contribution < -0.4 is 5.32 Å². The lowest BCUT2D eigenvalue weighted by molar-refractivity contribution is 0.00403. The lowest BCUT2D eigenvalue weighted by Gasteiger charge is -2.41. The molecule has 2 heterocycles. The Labute approximate surface area is 130 Å². The minimum absolute atomic E-state index is 0.0615. The van der Waals surface area contributed by atoms with Crippen LogP contribution in [0.25, 0.3) is 0 Å². The molecule has 0 bridgehead atoms. The highest BCUT2D eigenvalue weighted by Crippen LogP contribution is 2.20. The van der Waals surface area contributed by atoms with E-state index in [1.807, 2.05) is 27.7 Å². The molecule has 0 spiro atoms. The van der Waals surface area contributed by atoms with Gasteiger partial charge in [0.25, 0.3) is 0 Å². The molecule has 5 nitrogen and oxygen atoms in total. The number of hydrogen-bond acceptors (Lipinski definition) is 4. The summed E-state index contributed by atoms with van der Waals surface area (Å²) in [5, 5.41) is 3.45. The molecular formula is C16H24FN3O2. The van der Waals surface area contributed by atoms with Crippen molar-refractivity contribution in [3.05, 3.63) is 29.8 Å². The van der Waals surface area contributed by atoms with Crippen molar-refractivity contribution in [2.45, 2.75) is 51.8 Å². The van der Waals surface area contributed by atoms with Crippen LogP contribution in [0.15, 0.2) is 18.3 Å². The van der Waals surface area contributed by atoms with Crippen LogP contribution in [0.1, 0.15) is 45.9 Å². The fraction of sp³-hybridized carbons (Fsp3) is 0.625. The number of carbonyl (C=O) groups is 1. The average Bonchev–Trinajstić information content (AvgIpc) is 2.37. The molecule has 1 N–H and O–H groups in total. The van der Waals surface area contributed by atoms with E-state index < -0.39 is 5.60 Å². The normalized spacial score (nSPS) is 17.0. The van der Waals surface area contributed by atoms with Crippen molar-refractivity contribution >= 4 is 6.09 Å². The number of carbonyl (C=O) groups excluding carboxylic acids is 1. The maximum Gasteiger partial charge on any atom is 0.410 e. The molecule has 1 aliphatic heterocycles. The third-order valence-corrected chi connectivity index (χ3v) is 3.49. The number of pyridine rings is 1. The molecule has 0 saturated carbocycles. The monoisotopic (exact) mass is 309 g/mol. The van der Waals surface area contributed by atoms with Crippen LogP contribution in [0.4, 0.5) is 9.18 Å². The Morgan fingerprint density at radius 3 is 2.68 bits per heavy atom.